The van der Waals surface area contributed by atoms with Crippen molar-refractivity contribution in [2.24, 2.45) is 0 Å². The standard InChI is InChI=1S/C16H14N2OS/c1-19-12-7-5-6-11(10-12)15-17-14-9-4-3-8-13(14)16(18-15)20-2/h3-10H,1-2H3. The molecule has 0 unspecified atom stereocenters. The third kappa shape index (κ3) is 2.34. The molecule has 2 aromatic carbocycles. The minimum absolute atomic E-state index is 0.729. The van der Waals surface area contributed by atoms with Crippen LogP contribution in [0.1, 0.15) is 0 Å². The van der Waals surface area contributed by atoms with Crippen molar-refractivity contribution in [2.75, 3.05) is 13.4 Å². The highest BCUT2D eigenvalue weighted by Gasteiger charge is 2.09. The number of methoxy groups -OCH3 is 1. The molecule has 20 heavy (non-hydrogen) atoms. The van der Waals surface area contributed by atoms with E-state index in [4.69, 9.17) is 4.74 Å². The van der Waals surface area contributed by atoms with Crippen LogP contribution >= 0.6 is 11.8 Å². The first-order chi connectivity index (χ1) is 9.81. The SMILES string of the molecule is COc1cccc(-c2nc(SC)c3ccccc3n2)c1. The lowest BCUT2D eigenvalue weighted by atomic mass is 10.2. The van der Waals surface area contributed by atoms with Gasteiger partial charge in [-0.15, -0.1) is 11.8 Å². The molecule has 100 valence electrons. The van der Waals surface area contributed by atoms with Crippen LogP contribution in [0.3, 0.4) is 0 Å². The summed E-state index contributed by atoms with van der Waals surface area (Å²) in [7, 11) is 1.66. The molecule has 4 heteroatoms. The summed E-state index contributed by atoms with van der Waals surface area (Å²) < 4.78 is 5.26. The van der Waals surface area contributed by atoms with Crippen molar-refractivity contribution in [3.8, 4) is 17.1 Å². The van der Waals surface area contributed by atoms with Gasteiger partial charge in [0.25, 0.3) is 0 Å². The minimum atomic E-state index is 0.729. The summed E-state index contributed by atoms with van der Waals surface area (Å²) in [5.74, 6) is 1.54. The molecule has 0 atom stereocenters. The summed E-state index contributed by atoms with van der Waals surface area (Å²) in [5.41, 5.74) is 1.93. The Balaban J connectivity index is 2.20. The highest BCUT2D eigenvalue weighted by Crippen LogP contribution is 2.28. The van der Waals surface area contributed by atoms with Gasteiger partial charge in [0.05, 0.1) is 12.6 Å². The molecule has 1 heterocycles. The van der Waals surface area contributed by atoms with Gasteiger partial charge in [0.1, 0.15) is 10.8 Å². The van der Waals surface area contributed by atoms with Crippen LogP contribution in [0.4, 0.5) is 0 Å². The van der Waals surface area contributed by atoms with Crippen LogP contribution in [-0.4, -0.2) is 23.3 Å². The van der Waals surface area contributed by atoms with Crippen molar-refractivity contribution in [3.63, 3.8) is 0 Å². The van der Waals surface area contributed by atoms with E-state index in [1.807, 2.05) is 48.7 Å². The molecule has 0 amide bonds. The maximum Gasteiger partial charge on any atom is 0.161 e. The zero-order valence-electron chi connectivity index (χ0n) is 11.3. The van der Waals surface area contributed by atoms with E-state index in [1.54, 1.807) is 18.9 Å². The number of hydrogen-bond acceptors (Lipinski definition) is 4. The Morgan fingerprint density at radius 3 is 2.65 bits per heavy atom. The fourth-order valence-electron chi connectivity index (χ4n) is 2.09. The van der Waals surface area contributed by atoms with Crippen LogP contribution in [0.15, 0.2) is 53.6 Å². The van der Waals surface area contributed by atoms with Crippen molar-refractivity contribution in [1.82, 2.24) is 9.97 Å². The van der Waals surface area contributed by atoms with E-state index >= 15 is 0 Å². The molecule has 0 radical (unpaired) electrons. The Hall–Kier alpha value is -2.07. The lowest BCUT2D eigenvalue weighted by Gasteiger charge is -2.07. The summed E-state index contributed by atoms with van der Waals surface area (Å²) in [4.78, 5) is 9.31. The molecule has 0 aliphatic carbocycles. The van der Waals surface area contributed by atoms with Crippen LogP contribution in [0.25, 0.3) is 22.3 Å². The van der Waals surface area contributed by atoms with E-state index in [0.29, 0.717) is 0 Å². The molecule has 0 aliphatic rings. The molecule has 1 aromatic heterocycles. The largest absolute Gasteiger partial charge is 0.497 e. The van der Waals surface area contributed by atoms with E-state index in [9.17, 15) is 0 Å². The number of benzene rings is 2. The monoisotopic (exact) mass is 282 g/mol. The second kappa shape index (κ2) is 5.51. The third-order valence-corrected chi connectivity index (χ3v) is 3.79. The Labute approximate surface area is 122 Å². The normalized spacial score (nSPS) is 10.7. The topological polar surface area (TPSA) is 35.0 Å². The molecule has 0 N–H and O–H groups in total. The van der Waals surface area contributed by atoms with Crippen LogP contribution in [0.5, 0.6) is 5.75 Å². The Morgan fingerprint density at radius 2 is 1.85 bits per heavy atom. The molecule has 0 saturated heterocycles. The van der Waals surface area contributed by atoms with E-state index in [1.165, 1.54) is 0 Å². The predicted octanol–water partition coefficient (Wildman–Crippen LogP) is 4.03. The van der Waals surface area contributed by atoms with Crippen molar-refractivity contribution >= 4 is 22.7 Å². The fraction of sp³-hybridized carbons (Fsp3) is 0.125. The zero-order valence-corrected chi connectivity index (χ0v) is 12.1. The molecule has 0 fully saturated rings. The molecule has 0 spiro atoms. The van der Waals surface area contributed by atoms with Gasteiger partial charge in [0, 0.05) is 10.9 Å². The number of nitrogens with zero attached hydrogens (tertiary/aromatic N) is 2. The van der Waals surface area contributed by atoms with Gasteiger partial charge in [-0.05, 0) is 24.5 Å². The molecule has 0 aliphatic heterocycles. The molecule has 3 aromatic rings. The maximum atomic E-state index is 5.26. The van der Waals surface area contributed by atoms with Crippen LogP contribution in [-0.2, 0) is 0 Å². The summed E-state index contributed by atoms with van der Waals surface area (Å²) in [6, 6.07) is 15.9. The van der Waals surface area contributed by atoms with Gasteiger partial charge >= 0.3 is 0 Å². The second-order valence-electron chi connectivity index (χ2n) is 4.31. The van der Waals surface area contributed by atoms with E-state index in [-0.39, 0.29) is 0 Å². The number of aromatic nitrogens is 2. The van der Waals surface area contributed by atoms with Gasteiger partial charge in [-0.2, -0.15) is 0 Å². The Bertz CT molecular complexity index is 758. The number of para-hydroxylation sites is 1. The number of ether oxygens (including phenoxy) is 1. The first kappa shape index (κ1) is 12.9. The van der Waals surface area contributed by atoms with Crippen LogP contribution < -0.4 is 4.74 Å². The molecule has 0 bridgehead atoms. The predicted molar refractivity (Wildman–Crippen MR) is 83.3 cm³/mol. The van der Waals surface area contributed by atoms with Gasteiger partial charge in [-0.1, -0.05) is 30.3 Å². The summed E-state index contributed by atoms with van der Waals surface area (Å²) in [5, 5.41) is 2.08. The maximum absolute atomic E-state index is 5.26. The third-order valence-electron chi connectivity index (χ3n) is 3.09. The van der Waals surface area contributed by atoms with Gasteiger partial charge in [-0.25, -0.2) is 9.97 Å². The Kier molecular flexibility index (Phi) is 3.56. The quantitative estimate of drug-likeness (QED) is 0.536. The highest BCUT2D eigenvalue weighted by molar-refractivity contribution is 7.98. The van der Waals surface area contributed by atoms with Gasteiger partial charge in [0.2, 0.25) is 0 Å². The molecular formula is C16H14N2OS. The van der Waals surface area contributed by atoms with Gasteiger partial charge in [0.15, 0.2) is 5.82 Å². The number of rotatable bonds is 3. The molecule has 0 saturated carbocycles. The first-order valence-electron chi connectivity index (χ1n) is 6.27. The average Bonchev–Trinajstić information content (AvgIpc) is 2.53. The number of fused-ring (bicyclic) bond motifs is 1. The van der Waals surface area contributed by atoms with Crippen molar-refractivity contribution < 1.29 is 4.74 Å². The van der Waals surface area contributed by atoms with Crippen molar-refractivity contribution in [1.29, 1.82) is 0 Å². The van der Waals surface area contributed by atoms with Crippen LogP contribution in [0, 0.1) is 0 Å². The number of thioether (sulfide) groups is 1. The highest BCUT2D eigenvalue weighted by atomic mass is 32.2. The fourth-order valence-corrected chi connectivity index (χ4v) is 2.66. The van der Waals surface area contributed by atoms with Crippen molar-refractivity contribution in [2.45, 2.75) is 5.03 Å². The first-order valence-corrected chi connectivity index (χ1v) is 7.49. The Morgan fingerprint density at radius 1 is 1.00 bits per heavy atom. The van der Waals surface area contributed by atoms with Crippen LogP contribution in [0.2, 0.25) is 0 Å². The summed E-state index contributed by atoms with van der Waals surface area (Å²) in [6.07, 6.45) is 2.03. The minimum Gasteiger partial charge on any atom is -0.497 e. The van der Waals surface area contributed by atoms with E-state index in [2.05, 4.69) is 16.0 Å². The molecule has 3 nitrogen and oxygen atoms in total. The van der Waals surface area contributed by atoms with E-state index in [0.717, 1.165) is 33.1 Å². The average molecular weight is 282 g/mol. The zero-order chi connectivity index (χ0) is 13.9. The molecular weight excluding hydrogens is 268 g/mol. The van der Waals surface area contributed by atoms with Crippen molar-refractivity contribution in [3.05, 3.63) is 48.5 Å². The lowest BCUT2D eigenvalue weighted by molar-refractivity contribution is 0.415. The lowest BCUT2D eigenvalue weighted by Crippen LogP contribution is -1.94. The summed E-state index contributed by atoms with van der Waals surface area (Å²) >= 11 is 1.63. The number of hydrogen-bond donors (Lipinski definition) is 0. The van der Waals surface area contributed by atoms with Gasteiger partial charge in [-0.3, -0.25) is 0 Å². The molecule has 3 rings (SSSR count). The smallest absolute Gasteiger partial charge is 0.161 e. The second-order valence-corrected chi connectivity index (χ2v) is 5.10. The van der Waals surface area contributed by atoms with Gasteiger partial charge < -0.3 is 4.74 Å². The van der Waals surface area contributed by atoms with E-state index < -0.39 is 0 Å². The summed E-state index contributed by atoms with van der Waals surface area (Å²) in [6.45, 7) is 0.